The number of alkyl halides is 1. The summed E-state index contributed by atoms with van der Waals surface area (Å²) in [5, 5.41) is 13.4. The molecule has 9 nitrogen and oxygen atoms in total. The van der Waals surface area contributed by atoms with Crippen molar-refractivity contribution in [3.05, 3.63) is 45.5 Å². The van der Waals surface area contributed by atoms with Gasteiger partial charge in [-0.2, -0.15) is 5.10 Å². The number of aromatic nitrogens is 5. The summed E-state index contributed by atoms with van der Waals surface area (Å²) in [6, 6.07) is 1.61. The van der Waals surface area contributed by atoms with E-state index in [1.807, 2.05) is 0 Å². The van der Waals surface area contributed by atoms with Crippen LogP contribution in [0, 0.1) is 0 Å². The van der Waals surface area contributed by atoms with Crippen LogP contribution in [0.25, 0.3) is 16.9 Å². The maximum Gasteiger partial charge on any atom is 0.325 e. The lowest BCUT2D eigenvalue weighted by atomic mass is 9.96. The van der Waals surface area contributed by atoms with Crippen LogP contribution in [0.2, 0.25) is 0 Å². The molecule has 24 heavy (non-hydrogen) atoms. The number of aliphatic hydroxyl groups excluding tert-OH is 1. The highest BCUT2D eigenvalue weighted by Crippen LogP contribution is 2.33. The molecular weight excluding hydrogens is 319 g/mol. The highest BCUT2D eigenvalue weighted by atomic mass is 19.1. The standard InChI is InChI=1S/C14H13FN6O3/c15-14(7-22)5-20(6-14)10-3-9(19-21-2-1-16-11(10)21)8-4-17-13(24)18-12(8)23/h1-4,22H,5-7H2,(H2,17,18,23,24). The first-order chi connectivity index (χ1) is 11.5. The zero-order chi connectivity index (χ0) is 16.9. The first-order valence-corrected chi connectivity index (χ1v) is 7.21. The number of hydrogen-bond acceptors (Lipinski definition) is 6. The van der Waals surface area contributed by atoms with Gasteiger partial charge in [-0.05, 0) is 6.07 Å². The summed E-state index contributed by atoms with van der Waals surface area (Å²) in [5.41, 5.74) is -1.22. The topological polar surface area (TPSA) is 119 Å². The summed E-state index contributed by atoms with van der Waals surface area (Å²) in [7, 11) is 0. The summed E-state index contributed by atoms with van der Waals surface area (Å²) in [5.74, 6) is 0. The minimum Gasteiger partial charge on any atom is -0.393 e. The van der Waals surface area contributed by atoms with Gasteiger partial charge in [-0.25, -0.2) is 18.7 Å². The van der Waals surface area contributed by atoms with E-state index in [0.29, 0.717) is 17.0 Å². The fourth-order valence-electron chi connectivity index (χ4n) is 2.77. The number of halogens is 1. The largest absolute Gasteiger partial charge is 0.393 e. The van der Waals surface area contributed by atoms with Gasteiger partial charge in [-0.3, -0.25) is 9.78 Å². The quantitative estimate of drug-likeness (QED) is 0.583. The number of anilines is 1. The zero-order valence-corrected chi connectivity index (χ0v) is 12.4. The summed E-state index contributed by atoms with van der Waals surface area (Å²) in [6.07, 6.45) is 4.43. The molecule has 4 heterocycles. The van der Waals surface area contributed by atoms with Crippen molar-refractivity contribution in [2.45, 2.75) is 5.67 Å². The molecule has 124 valence electrons. The van der Waals surface area contributed by atoms with Gasteiger partial charge in [0, 0.05) is 18.6 Å². The smallest absolute Gasteiger partial charge is 0.325 e. The monoisotopic (exact) mass is 332 g/mol. The average molecular weight is 332 g/mol. The first-order valence-electron chi connectivity index (χ1n) is 7.21. The van der Waals surface area contributed by atoms with Gasteiger partial charge in [0.1, 0.15) is 5.69 Å². The molecule has 0 aromatic carbocycles. The van der Waals surface area contributed by atoms with Gasteiger partial charge in [0.15, 0.2) is 11.3 Å². The van der Waals surface area contributed by atoms with E-state index >= 15 is 0 Å². The minimum atomic E-state index is -1.64. The van der Waals surface area contributed by atoms with E-state index in [9.17, 15) is 14.0 Å². The van der Waals surface area contributed by atoms with E-state index in [0.717, 1.165) is 0 Å². The molecule has 3 aromatic rings. The molecule has 0 spiro atoms. The summed E-state index contributed by atoms with van der Waals surface area (Å²) >= 11 is 0. The average Bonchev–Trinajstić information content (AvgIpc) is 2.99. The molecule has 1 aliphatic rings. The Morgan fingerprint density at radius 2 is 2.17 bits per heavy atom. The second-order valence-electron chi connectivity index (χ2n) is 5.76. The van der Waals surface area contributed by atoms with Crippen LogP contribution in [-0.2, 0) is 0 Å². The Balaban J connectivity index is 1.84. The van der Waals surface area contributed by atoms with E-state index in [2.05, 4.69) is 20.1 Å². The fourth-order valence-corrected chi connectivity index (χ4v) is 2.77. The molecule has 0 radical (unpaired) electrons. The molecule has 1 fully saturated rings. The van der Waals surface area contributed by atoms with Crippen molar-refractivity contribution in [1.82, 2.24) is 24.6 Å². The number of hydrogen-bond donors (Lipinski definition) is 3. The van der Waals surface area contributed by atoms with Crippen molar-refractivity contribution in [2.24, 2.45) is 0 Å². The predicted molar refractivity (Wildman–Crippen MR) is 82.8 cm³/mol. The lowest BCUT2D eigenvalue weighted by Crippen LogP contribution is -2.61. The third kappa shape index (κ3) is 2.19. The predicted octanol–water partition coefficient (Wildman–Crippen LogP) is -0.707. The minimum absolute atomic E-state index is 0.0253. The number of imidazole rings is 1. The Kier molecular flexibility index (Phi) is 3.03. The summed E-state index contributed by atoms with van der Waals surface area (Å²) in [6.45, 7) is -0.499. The number of nitrogens with zero attached hydrogens (tertiary/aromatic N) is 4. The van der Waals surface area contributed by atoms with Gasteiger partial charge in [0.25, 0.3) is 5.56 Å². The molecular formula is C14H13FN6O3. The van der Waals surface area contributed by atoms with Crippen molar-refractivity contribution >= 4 is 11.3 Å². The number of fused-ring (bicyclic) bond motifs is 1. The molecule has 0 bridgehead atoms. The van der Waals surface area contributed by atoms with Crippen LogP contribution < -0.4 is 16.1 Å². The number of H-pyrrole nitrogens is 2. The summed E-state index contributed by atoms with van der Waals surface area (Å²) < 4.78 is 15.5. The van der Waals surface area contributed by atoms with E-state index in [-0.39, 0.29) is 18.7 Å². The van der Waals surface area contributed by atoms with Gasteiger partial charge in [0.2, 0.25) is 0 Å². The molecule has 0 unspecified atom stereocenters. The van der Waals surface area contributed by atoms with E-state index in [1.165, 1.54) is 10.7 Å². The molecule has 0 amide bonds. The molecule has 0 aliphatic carbocycles. The van der Waals surface area contributed by atoms with Crippen LogP contribution in [-0.4, -0.2) is 55.0 Å². The van der Waals surface area contributed by atoms with Gasteiger partial charge in [0.05, 0.1) is 30.9 Å². The molecule has 1 saturated heterocycles. The van der Waals surface area contributed by atoms with Crippen LogP contribution >= 0.6 is 0 Å². The van der Waals surface area contributed by atoms with Crippen molar-refractivity contribution in [2.75, 3.05) is 24.6 Å². The van der Waals surface area contributed by atoms with Gasteiger partial charge in [-0.15, -0.1) is 0 Å². The van der Waals surface area contributed by atoms with Gasteiger partial charge in [-0.1, -0.05) is 0 Å². The Morgan fingerprint density at radius 1 is 1.38 bits per heavy atom. The molecule has 4 rings (SSSR count). The van der Waals surface area contributed by atoms with Crippen molar-refractivity contribution < 1.29 is 9.50 Å². The molecule has 10 heteroatoms. The van der Waals surface area contributed by atoms with Crippen LogP contribution in [0.15, 0.2) is 34.2 Å². The second-order valence-corrected chi connectivity index (χ2v) is 5.76. The Hall–Kier alpha value is -3.01. The van der Waals surface area contributed by atoms with Crippen molar-refractivity contribution in [3.63, 3.8) is 0 Å². The normalized spacial score (nSPS) is 16.3. The number of aliphatic hydroxyl groups is 1. The molecule has 0 saturated carbocycles. The maximum absolute atomic E-state index is 14.0. The van der Waals surface area contributed by atoms with E-state index in [1.54, 1.807) is 23.4 Å². The van der Waals surface area contributed by atoms with Gasteiger partial charge >= 0.3 is 5.69 Å². The first kappa shape index (κ1) is 14.6. The third-order valence-electron chi connectivity index (χ3n) is 4.01. The summed E-state index contributed by atoms with van der Waals surface area (Å²) in [4.78, 5) is 33.6. The molecule has 1 aliphatic heterocycles. The van der Waals surface area contributed by atoms with Crippen molar-refractivity contribution in [3.8, 4) is 11.3 Å². The van der Waals surface area contributed by atoms with Crippen LogP contribution in [0.1, 0.15) is 0 Å². The molecule has 3 aromatic heterocycles. The fraction of sp³-hybridized carbons (Fsp3) is 0.286. The highest BCUT2D eigenvalue weighted by Gasteiger charge is 2.44. The van der Waals surface area contributed by atoms with Crippen molar-refractivity contribution in [1.29, 1.82) is 0 Å². The lowest BCUT2D eigenvalue weighted by Gasteiger charge is -2.44. The highest BCUT2D eigenvalue weighted by molar-refractivity contribution is 5.75. The zero-order valence-electron chi connectivity index (χ0n) is 12.4. The lowest BCUT2D eigenvalue weighted by molar-refractivity contribution is 0.0445. The van der Waals surface area contributed by atoms with Crippen LogP contribution in [0.5, 0.6) is 0 Å². The van der Waals surface area contributed by atoms with E-state index in [4.69, 9.17) is 5.11 Å². The van der Waals surface area contributed by atoms with Crippen LogP contribution in [0.4, 0.5) is 10.1 Å². The Morgan fingerprint density at radius 3 is 2.88 bits per heavy atom. The number of aromatic amines is 2. The molecule has 0 atom stereocenters. The molecule has 3 N–H and O–H groups in total. The van der Waals surface area contributed by atoms with E-state index < -0.39 is 23.5 Å². The Labute approximate surface area is 133 Å². The maximum atomic E-state index is 14.0. The Bertz CT molecular complexity index is 1030. The SMILES string of the molecule is O=c1[nH]cc(-c2cc(N3CC(F)(CO)C3)c3nccn3n2)c(=O)[nH]1. The number of nitrogens with one attached hydrogen (secondary N) is 2. The number of rotatable bonds is 3. The van der Waals surface area contributed by atoms with Gasteiger partial charge < -0.3 is 15.0 Å². The van der Waals surface area contributed by atoms with Crippen LogP contribution in [0.3, 0.4) is 0 Å². The third-order valence-corrected chi connectivity index (χ3v) is 4.01. The second kappa shape index (κ2) is 4.99.